The third-order valence-electron chi connectivity index (χ3n) is 6.10. The van der Waals surface area contributed by atoms with E-state index in [0.29, 0.717) is 25.1 Å². The van der Waals surface area contributed by atoms with Crippen molar-refractivity contribution in [1.82, 2.24) is 5.32 Å². The van der Waals surface area contributed by atoms with Gasteiger partial charge in [-0.2, -0.15) is 4.99 Å². The minimum Gasteiger partial charge on any atom is -0.488 e. The molecule has 164 valence electrons. The second-order valence-corrected chi connectivity index (χ2v) is 9.94. The molecule has 0 fully saturated rings. The number of benzene rings is 2. The summed E-state index contributed by atoms with van der Waals surface area (Å²) >= 11 is 0. The number of quaternary nitrogens is 1. The molecule has 0 saturated heterocycles. The number of sulfonamides is 1. The molecule has 3 unspecified atom stereocenters. The lowest BCUT2D eigenvalue weighted by Gasteiger charge is -2.22. The van der Waals surface area contributed by atoms with Crippen molar-refractivity contribution in [1.29, 1.82) is 0 Å². The van der Waals surface area contributed by atoms with Gasteiger partial charge in [0, 0.05) is 12.0 Å². The molecule has 31 heavy (non-hydrogen) atoms. The standard InChI is InChI=1S/C23H29N4O3S/c1-25-22-13-18-8-9-19(14-20(18)21(22)12-17-6-4-3-5-7-17)30-11-10-27(2)15-23(26-16-27)31(24,28)29/h3-9,14-16,21-22,25H,10-13H2,1-2H3,(H2,24,28,29)/q+1. The van der Waals surface area contributed by atoms with E-state index in [2.05, 4.69) is 46.7 Å². The Labute approximate surface area is 183 Å². The lowest BCUT2D eigenvalue weighted by Crippen LogP contribution is -2.38. The SMILES string of the molecule is CNC1Cc2ccc(OCC[N+]3(C)C=NC(S(N)(=O)=O)=C3)cc2C1Cc1ccccc1. The molecule has 8 heteroatoms. The van der Waals surface area contributed by atoms with Crippen molar-refractivity contribution >= 4 is 16.4 Å². The predicted octanol–water partition coefficient (Wildman–Crippen LogP) is 2.11. The van der Waals surface area contributed by atoms with Gasteiger partial charge in [-0.15, -0.1) is 0 Å². The van der Waals surface area contributed by atoms with Crippen molar-refractivity contribution in [3.63, 3.8) is 0 Å². The van der Waals surface area contributed by atoms with Crippen LogP contribution in [0.5, 0.6) is 5.75 Å². The van der Waals surface area contributed by atoms with Gasteiger partial charge >= 0.3 is 0 Å². The summed E-state index contributed by atoms with van der Waals surface area (Å²) in [4.78, 5) is 3.93. The summed E-state index contributed by atoms with van der Waals surface area (Å²) in [6.45, 7) is 0.973. The monoisotopic (exact) mass is 441 g/mol. The van der Waals surface area contributed by atoms with Crippen LogP contribution in [0.1, 0.15) is 22.6 Å². The van der Waals surface area contributed by atoms with E-state index in [4.69, 9.17) is 9.88 Å². The summed E-state index contributed by atoms with van der Waals surface area (Å²) in [6.07, 6.45) is 5.10. The number of rotatable bonds is 8. The van der Waals surface area contributed by atoms with E-state index in [-0.39, 0.29) is 9.51 Å². The Morgan fingerprint density at radius 2 is 2.00 bits per heavy atom. The Morgan fingerprint density at radius 1 is 1.23 bits per heavy atom. The molecule has 3 N–H and O–H groups in total. The molecule has 3 atom stereocenters. The maximum atomic E-state index is 11.5. The van der Waals surface area contributed by atoms with Crippen LogP contribution in [0.2, 0.25) is 0 Å². The van der Waals surface area contributed by atoms with E-state index in [9.17, 15) is 8.42 Å². The first-order chi connectivity index (χ1) is 14.8. The number of nitrogens with one attached hydrogen (secondary N) is 1. The number of aliphatic imine (C=N–C) groups is 1. The number of ether oxygens (including phenoxy) is 1. The zero-order valence-corrected chi connectivity index (χ0v) is 18.7. The number of hydrogen-bond donors (Lipinski definition) is 2. The fourth-order valence-corrected chi connectivity index (χ4v) is 4.93. The van der Waals surface area contributed by atoms with Gasteiger partial charge in [0.15, 0.2) is 6.34 Å². The molecule has 2 aromatic rings. The summed E-state index contributed by atoms with van der Waals surface area (Å²) in [5.41, 5.74) is 4.02. The second kappa shape index (κ2) is 8.55. The maximum Gasteiger partial charge on any atom is 0.261 e. The number of nitrogens with zero attached hydrogens (tertiary/aromatic N) is 2. The van der Waals surface area contributed by atoms with Gasteiger partial charge in [0.1, 0.15) is 25.1 Å². The molecule has 7 nitrogen and oxygen atoms in total. The van der Waals surface area contributed by atoms with Crippen LogP contribution in [-0.4, -0.2) is 52.5 Å². The molecule has 1 heterocycles. The largest absolute Gasteiger partial charge is 0.488 e. The summed E-state index contributed by atoms with van der Waals surface area (Å²) in [6, 6.07) is 17.3. The highest BCUT2D eigenvalue weighted by Gasteiger charge is 2.32. The Kier molecular flexibility index (Phi) is 5.98. The van der Waals surface area contributed by atoms with Gasteiger partial charge in [-0.25, -0.2) is 13.6 Å². The molecule has 0 bridgehead atoms. The summed E-state index contributed by atoms with van der Waals surface area (Å²) in [5.74, 6) is 1.22. The van der Waals surface area contributed by atoms with Crippen LogP contribution in [0, 0.1) is 0 Å². The minimum absolute atomic E-state index is 0.102. The van der Waals surface area contributed by atoms with Crippen molar-refractivity contribution in [3.05, 3.63) is 76.5 Å². The normalized spacial score (nSPS) is 24.8. The molecule has 0 amide bonds. The molecule has 0 aromatic heterocycles. The minimum atomic E-state index is -3.80. The highest BCUT2D eigenvalue weighted by atomic mass is 32.2. The molecular weight excluding hydrogens is 412 g/mol. The van der Waals surface area contributed by atoms with Crippen LogP contribution >= 0.6 is 0 Å². The van der Waals surface area contributed by atoms with Gasteiger partial charge in [0.05, 0.1) is 7.05 Å². The number of nitrogens with two attached hydrogens (primary N) is 1. The zero-order valence-electron chi connectivity index (χ0n) is 17.9. The van der Waals surface area contributed by atoms with Crippen LogP contribution in [0.3, 0.4) is 0 Å². The van der Waals surface area contributed by atoms with E-state index in [1.165, 1.54) is 22.9 Å². The lowest BCUT2D eigenvalue weighted by molar-refractivity contribution is -0.756. The third kappa shape index (κ3) is 4.88. The average Bonchev–Trinajstić information content (AvgIpc) is 3.30. The number of likely N-dealkylation sites (N-methyl/N-ethyl adjacent to an activating group) is 2. The molecule has 4 rings (SSSR count). The maximum absolute atomic E-state index is 11.5. The van der Waals surface area contributed by atoms with E-state index in [1.807, 2.05) is 26.2 Å². The topological polar surface area (TPSA) is 93.8 Å². The third-order valence-corrected chi connectivity index (χ3v) is 6.89. The van der Waals surface area contributed by atoms with Gasteiger partial charge in [0.2, 0.25) is 5.03 Å². The average molecular weight is 442 g/mol. The van der Waals surface area contributed by atoms with E-state index >= 15 is 0 Å². The Morgan fingerprint density at radius 3 is 2.68 bits per heavy atom. The van der Waals surface area contributed by atoms with Crippen molar-refractivity contribution in [2.45, 2.75) is 24.8 Å². The highest BCUT2D eigenvalue weighted by Crippen LogP contribution is 2.38. The van der Waals surface area contributed by atoms with E-state index in [1.54, 1.807) is 6.34 Å². The number of fused-ring (bicyclic) bond motifs is 1. The molecule has 0 spiro atoms. The zero-order chi connectivity index (χ0) is 22.1. The van der Waals surface area contributed by atoms with Crippen LogP contribution in [0.25, 0.3) is 0 Å². The fourth-order valence-electron chi connectivity index (χ4n) is 4.35. The van der Waals surface area contributed by atoms with Gasteiger partial charge in [0.25, 0.3) is 10.0 Å². The summed E-state index contributed by atoms with van der Waals surface area (Å²) in [7, 11) is 0.0904. The first kappa shape index (κ1) is 21.7. The van der Waals surface area contributed by atoms with E-state index < -0.39 is 10.0 Å². The molecule has 2 aliphatic rings. The molecule has 0 saturated carbocycles. The summed E-state index contributed by atoms with van der Waals surface area (Å²) < 4.78 is 29.2. The van der Waals surface area contributed by atoms with Crippen molar-refractivity contribution in [3.8, 4) is 5.75 Å². The number of primary sulfonamides is 1. The van der Waals surface area contributed by atoms with Gasteiger partial charge in [-0.3, -0.25) is 4.48 Å². The first-order valence-corrected chi connectivity index (χ1v) is 11.9. The van der Waals surface area contributed by atoms with Crippen molar-refractivity contribution in [2.75, 3.05) is 27.2 Å². The van der Waals surface area contributed by atoms with Crippen molar-refractivity contribution < 1.29 is 17.6 Å². The summed E-state index contributed by atoms with van der Waals surface area (Å²) in [5, 5.41) is 8.54. The Hall–Kier alpha value is -2.52. The fraction of sp³-hybridized carbons (Fsp3) is 0.348. The van der Waals surface area contributed by atoms with E-state index in [0.717, 1.165) is 18.6 Å². The predicted molar refractivity (Wildman–Crippen MR) is 122 cm³/mol. The lowest BCUT2D eigenvalue weighted by atomic mass is 9.91. The van der Waals surface area contributed by atoms with Crippen LogP contribution in [-0.2, 0) is 22.9 Å². The van der Waals surface area contributed by atoms with Gasteiger partial charge in [-0.05, 0) is 48.7 Å². The van der Waals surface area contributed by atoms with Crippen LogP contribution in [0.4, 0.5) is 0 Å². The molecule has 1 aliphatic heterocycles. The molecule has 2 aromatic carbocycles. The molecular formula is C23H29N4O3S+. The van der Waals surface area contributed by atoms with Crippen LogP contribution in [0.15, 0.2) is 64.8 Å². The first-order valence-electron chi connectivity index (χ1n) is 10.4. The van der Waals surface area contributed by atoms with Crippen LogP contribution < -0.4 is 15.2 Å². The van der Waals surface area contributed by atoms with Crippen molar-refractivity contribution in [2.24, 2.45) is 10.1 Å². The molecule has 1 aliphatic carbocycles. The highest BCUT2D eigenvalue weighted by molar-refractivity contribution is 7.93. The smallest absolute Gasteiger partial charge is 0.261 e. The Bertz CT molecular complexity index is 1110. The number of hydrogen-bond acceptors (Lipinski definition) is 5. The van der Waals surface area contributed by atoms with Gasteiger partial charge < -0.3 is 10.1 Å². The quantitative estimate of drug-likeness (QED) is 0.614. The molecule has 0 radical (unpaired) electrons. The second-order valence-electron chi connectivity index (χ2n) is 8.43. The van der Waals surface area contributed by atoms with Gasteiger partial charge in [-0.1, -0.05) is 36.4 Å². The Balaban J connectivity index is 1.44.